The van der Waals surface area contributed by atoms with Gasteiger partial charge in [0.15, 0.2) is 0 Å². The Balaban J connectivity index is 0.000000437. The fourth-order valence-corrected chi connectivity index (χ4v) is 5.03. The van der Waals surface area contributed by atoms with Crippen molar-refractivity contribution in [2.24, 2.45) is 0 Å². The lowest BCUT2D eigenvalue weighted by atomic mass is 9.93. The summed E-state index contributed by atoms with van der Waals surface area (Å²) in [6.07, 6.45) is 1.18. The van der Waals surface area contributed by atoms with Crippen LogP contribution in [-0.2, 0) is 19.3 Å². The molecule has 0 aromatic heterocycles. The van der Waals surface area contributed by atoms with E-state index in [0.29, 0.717) is 30.4 Å². The van der Waals surface area contributed by atoms with Gasteiger partial charge in [-0.25, -0.2) is 0 Å². The maximum absolute atomic E-state index is 11.1. The first kappa shape index (κ1) is 30.1. The molecule has 5 aromatic rings. The second kappa shape index (κ2) is 13.2. The largest absolute Gasteiger partial charge is 0.508 e. The molecule has 5 rings (SSSR count). The van der Waals surface area contributed by atoms with Gasteiger partial charge in [-0.1, -0.05) is 89.0 Å². The van der Waals surface area contributed by atoms with Crippen LogP contribution in [0.3, 0.4) is 0 Å². The molecule has 5 heteroatoms. The lowest BCUT2D eigenvalue weighted by Crippen LogP contribution is -1.99. The van der Waals surface area contributed by atoms with Gasteiger partial charge >= 0.3 is 0 Å². The number of hydrogen-bond acceptors (Lipinski definition) is 5. The highest BCUT2D eigenvalue weighted by atomic mass is 16.3. The SMILES string of the molecule is Cc1ccc(N)cc1.Cc1ccc(O)c(Cc2cccc(Cc3cc(C)cc(Cc4cc(C)ccc4O)c3O)c2O)c1. The van der Waals surface area contributed by atoms with Crippen LogP contribution >= 0.6 is 0 Å². The summed E-state index contributed by atoms with van der Waals surface area (Å²) in [4.78, 5) is 0. The summed E-state index contributed by atoms with van der Waals surface area (Å²) in [5, 5.41) is 42.5. The van der Waals surface area contributed by atoms with Crippen LogP contribution in [0, 0.1) is 27.7 Å². The summed E-state index contributed by atoms with van der Waals surface area (Å²) in [7, 11) is 0. The Hall–Kier alpha value is -4.90. The zero-order valence-corrected chi connectivity index (χ0v) is 24.6. The molecular weight excluding hydrogens is 522 g/mol. The Morgan fingerprint density at radius 3 is 1.29 bits per heavy atom. The molecule has 0 bridgehead atoms. The van der Waals surface area contributed by atoms with E-state index in [1.165, 1.54) is 5.56 Å². The molecule has 0 spiro atoms. The van der Waals surface area contributed by atoms with Crippen molar-refractivity contribution in [3.8, 4) is 23.0 Å². The smallest absolute Gasteiger partial charge is 0.122 e. The predicted molar refractivity (Wildman–Crippen MR) is 171 cm³/mol. The number of nitrogens with two attached hydrogens (primary N) is 1. The molecule has 0 saturated heterocycles. The van der Waals surface area contributed by atoms with E-state index in [-0.39, 0.29) is 23.0 Å². The highest BCUT2D eigenvalue weighted by Gasteiger charge is 2.16. The fourth-order valence-electron chi connectivity index (χ4n) is 5.03. The third-order valence-corrected chi connectivity index (χ3v) is 7.31. The first-order valence-corrected chi connectivity index (χ1v) is 14.0. The minimum absolute atomic E-state index is 0.169. The summed E-state index contributed by atoms with van der Waals surface area (Å²) >= 11 is 0. The van der Waals surface area contributed by atoms with Gasteiger partial charge in [-0.15, -0.1) is 0 Å². The van der Waals surface area contributed by atoms with Crippen LogP contribution < -0.4 is 5.73 Å². The van der Waals surface area contributed by atoms with E-state index in [1.54, 1.807) is 12.1 Å². The number of benzene rings is 5. The molecule has 216 valence electrons. The van der Waals surface area contributed by atoms with Crippen molar-refractivity contribution in [1.29, 1.82) is 0 Å². The lowest BCUT2D eigenvalue weighted by molar-refractivity contribution is 0.454. The van der Waals surface area contributed by atoms with Crippen molar-refractivity contribution in [3.05, 3.63) is 147 Å². The molecule has 6 N–H and O–H groups in total. The lowest BCUT2D eigenvalue weighted by Gasteiger charge is -2.15. The molecule has 0 heterocycles. The van der Waals surface area contributed by atoms with Crippen LogP contribution in [0.15, 0.2) is 91.0 Å². The minimum Gasteiger partial charge on any atom is -0.508 e. The number of nitrogen functional groups attached to an aromatic ring is 1. The Kier molecular flexibility index (Phi) is 9.43. The van der Waals surface area contributed by atoms with E-state index in [4.69, 9.17) is 5.73 Å². The summed E-state index contributed by atoms with van der Waals surface area (Å²) in [6, 6.07) is 28.1. The van der Waals surface area contributed by atoms with Crippen LogP contribution in [0.2, 0.25) is 0 Å². The molecule has 0 atom stereocenters. The van der Waals surface area contributed by atoms with E-state index >= 15 is 0 Å². The van der Waals surface area contributed by atoms with Crippen molar-refractivity contribution >= 4 is 5.69 Å². The van der Waals surface area contributed by atoms with Crippen LogP contribution in [0.25, 0.3) is 0 Å². The zero-order valence-electron chi connectivity index (χ0n) is 24.6. The van der Waals surface area contributed by atoms with Crippen LogP contribution in [0.5, 0.6) is 23.0 Å². The van der Waals surface area contributed by atoms with Gasteiger partial charge in [0.05, 0.1) is 0 Å². The number of anilines is 1. The molecular formula is C37H39NO4. The topological polar surface area (TPSA) is 107 Å². The minimum atomic E-state index is 0.169. The Bertz CT molecular complexity index is 1670. The van der Waals surface area contributed by atoms with Crippen molar-refractivity contribution < 1.29 is 20.4 Å². The quantitative estimate of drug-likeness (QED) is 0.136. The Morgan fingerprint density at radius 1 is 0.429 bits per heavy atom. The average Bonchev–Trinajstić information content (AvgIpc) is 2.95. The molecule has 0 aliphatic rings. The highest BCUT2D eigenvalue weighted by molar-refractivity contribution is 5.53. The van der Waals surface area contributed by atoms with Gasteiger partial charge in [0.1, 0.15) is 23.0 Å². The van der Waals surface area contributed by atoms with Crippen LogP contribution in [0.4, 0.5) is 5.69 Å². The van der Waals surface area contributed by atoms with Gasteiger partial charge in [0, 0.05) is 24.9 Å². The van der Waals surface area contributed by atoms with E-state index < -0.39 is 0 Å². The number of aromatic hydroxyl groups is 4. The predicted octanol–water partition coefficient (Wildman–Crippen LogP) is 7.78. The third kappa shape index (κ3) is 7.64. The number of hydrogen-bond donors (Lipinski definition) is 5. The van der Waals surface area contributed by atoms with Gasteiger partial charge in [-0.05, 0) is 85.3 Å². The number of phenols is 4. The second-order valence-electron chi connectivity index (χ2n) is 11.1. The normalized spacial score (nSPS) is 10.7. The molecule has 5 nitrogen and oxygen atoms in total. The highest BCUT2D eigenvalue weighted by Crippen LogP contribution is 2.34. The molecule has 0 unspecified atom stereocenters. The van der Waals surface area contributed by atoms with Crippen molar-refractivity contribution in [1.82, 2.24) is 0 Å². The van der Waals surface area contributed by atoms with Crippen molar-refractivity contribution in [3.63, 3.8) is 0 Å². The molecule has 5 aromatic carbocycles. The average molecular weight is 562 g/mol. The van der Waals surface area contributed by atoms with E-state index in [1.807, 2.05) is 107 Å². The van der Waals surface area contributed by atoms with Crippen molar-refractivity contribution in [2.75, 3.05) is 5.73 Å². The second-order valence-corrected chi connectivity index (χ2v) is 11.1. The molecule has 0 aliphatic heterocycles. The maximum atomic E-state index is 11.1. The molecule has 0 amide bonds. The Morgan fingerprint density at radius 2 is 0.810 bits per heavy atom. The van der Waals surface area contributed by atoms with Gasteiger partial charge in [-0.3, -0.25) is 0 Å². The van der Waals surface area contributed by atoms with Gasteiger partial charge in [0.25, 0.3) is 0 Å². The molecule has 0 aliphatic carbocycles. The van der Waals surface area contributed by atoms with Gasteiger partial charge < -0.3 is 26.2 Å². The monoisotopic (exact) mass is 561 g/mol. The van der Waals surface area contributed by atoms with Gasteiger partial charge in [0.2, 0.25) is 0 Å². The first-order chi connectivity index (χ1) is 20.0. The van der Waals surface area contributed by atoms with E-state index in [9.17, 15) is 20.4 Å². The zero-order chi connectivity index (χ0) is 30.4. The van der Waals surface area contributed by atoms with Crippen LogP contribution in [-0.4, -0.2) is 20.4 Å². The number of phenolic OH excluding ortho intramolecular Hbond substituents is 4. The van der Waals surface area contributed by atoms with E-state index in [2.05, 4.69) is 0 Å². The number of rotatable bonds is 6. The Labute approximate surface area is 248 Å². The van der Waals surface area contributed by atoms with E-state index in [0.717, 1.165) is 44.6 Å². The molecule has 0 saturated carbocycles. The summed E-state index contributed by atoms with van der Waals surface area (Å²) < 4.78 is 0. The summed E-state index contributed by atoms with van der Waals surface area (Å²) in [6.45, 7) is 7.95. The third-order valence-electron chi connectivity index (χ3n) is 7.31. The fraction of sp³-hybridized carbons (Fsp3) is 0.189. The first-order valence-electron chi connectivity index (χ1n) is 14.0. The molecule has 0 fully saturated rings. The molecule has 42 heavy (non-hydrogen) atoms. The number of para-hydroxylation sites is 1. The van der Waals surface area contributed by atoms with Crippen LogP contribution in [0.1, 0.15) is 55.6 Å². The number of aryl methyl sites for hydroxylation is 4. The van der Waals surface area contributed by atoms with Gasteiger partial charge in [-0.2, -0.15) is 0 Å². The summed E-state index contributed by atoms with van der Waals surface area (Å²) in [5.74, 6) is 0.753. The van der Waals surface area contributed by atoms with Crippen molar-refractivity contribution in [2.45, 2.75) is 47.0 Å². The standard InChI is InChI=1S/C30H30O4.C7H9N/c1-18-7-9-27(31)23(11-18)15-21-5-4-6-22(29(21)33)16-25-13-20(3)14-26(30(25)34)17-24-12-19(2)8-10-28(24)32;1-6-2-4-7(8)5-3-6/h4-14,31-34H,15-17H2,1-3H3;2-5H,8H2,1H3. The maximum Gasteiger partial charge on any atom is 0.122 e. The molecule has 0 radical (unpaired) electrons. The summed E-state index contributed by atoms with van der Waals surface area (Å²) in [5.41, 5.74) is 15.0.